The van der Waals surface area contributed by atoms with Crippen LogP contribution in [0.2, 0.25) is 0 Å². The third-order valence-electron chi connectivity index (χ3n) is 12.0. The maximum absolute atomic E-state index is 11.2. The summed E-state index contributed by atoms with van der Waals surface area (Å²) in [4.78, 5) is 0. The largest absolute Gasteiger partial charge is 0.393 e. The van der Waals surface area contributed by atoms with E-state index < -0.39 is 0 Å². The fourth-order valence-electron chi connectivity index (χ4n) is 10.3. The van der Waals surface area contributed by atoms with Gasteiger partial charge in [0.05, 0.1) is 24.9 Å². The molecule has 4 nitrogen and oxygen atoms in total. The third-order valence-corrected chi connectivity index (χ3v) is 12.0. The number of aliphatic hydroxyl groups is 2. The molecule has 2 heterocycles. The highest BCUT2D eigenvalue weighted by Crippen LogP contribution is 2.71. The molecule has 4 aliphatic carbocycles. The van der Waals surface area contributed by atoms with E-state index in [1.54, 1.807) is 0 Å². The number of aliphatic hydroxyl groups excluding tert-OH is 2. The van der Waals surface area contributed by atoms with Crippen LogP contribution >= 0.6 is 0 Å². The zero-order valence-electron chi connectivity index (χ0n) is 20.1. The zero-order chi connectivity index (χ0) is 21.8. The average molecular weight is 433 g/mol. The third kappa shape index (κ3) is 2.74. The molecule has 0 radical (unpaired) electrons. The van der Waals surface area contributed by atoms with E-state index in [4.69, 9.17) is 9.47 Å². The van der Waals surface area contributed by atoms with Gasteiger partial charge < -0.3 is 19.7 Å². The second-order valence-electron chi connectivity index (χ2n) is 13.2. The lowest BCUT2D eigenvalue weighted by molar-refractivity contribution is -0.273. The summed E-state index contributed by atoms with van der Waals surface area (Å²) in [5.74, 6) is 3.89. The first kappa shape index (κ1) is 21.4. The first-order chi connectivity index (χ1) is 14.7. The van der Waals surface area contributed by atoms with Gasteiger partial charge in [0.2, 0.25) is 0 Å². The molecule has 0 aromatic carbocycles. The summed E-state index contributed by atoms with van der Waals surface area (Å²) in [6, 6.07) is 0. The van der Waals surface area contributed by atoms with Gasteiger partial charge in [0.25, 0.3) is 0 Å². The molecule has 1 spiro atoms. The van der Waals surface area contributed by atoms with E-state index in [-0.39, 0.29) is 23.4 Å². The lowest BCUT2D eigenvalue weighted by Gasteiger charge is -2.62. The van der Waals surface area contributed by atoms with Crippen LogP contribution in [0.1, 0.15) is 85.5 Å². The topological polar surface area (TPSA) is 58.9 Å². The van der Waals surface area contributed by atoms with Gasteiger partial charge in [-0.2, -0.15) is 0 Å². The second-order valence-corrected chi connectivity index (χ2v) is 13.2. The van der Waals surface area contributed by atoms with Crippen LogP contribution in [0.15, 0.2) is 0 Å². The molecular weight excluding hydrogens is 388 g/mol. The number of hydrogen-bond acceptors (Lipinski definition) is 4. The average Bonchev–Trinajstić information content (AvgIpc) is 3.16. The van der Waals surface area contributed by atoms with Gasteiger partial charge in [0.15, 0.2) is 5.79 Å². The van der Waals surface area contributed by atoms with Crippen LogP contribution in [0.4, 0.5) is 0 Å². The van der Waals surface area contributed by atoms with Crippen molar-refractivity contribution >= 4 is 0 Å². The SMILES string of the molecule is CC1CC[C@@]2(OC1)O[C@H]1C[C@H]3[C@@H]4CCC5CC(O)CC(O)[C@]5(C)[C@H]4CC[C@]3(C)[C@H]1[C@@H]2C. The maximum Gasteiger partial charge on any atom is 0.171 e. The van der Waals surface area contributed by atoms with Crippen LogP contribution in [0, 0.1) is 52.3 Å². The quantitative estimate of drug-likeness (QED) is 0.579. The molecule has 0 aromatic rings. The second kappa shape index (κ2) is 6.93. The Balaban J connectivity index is 1.27. The standard InChI is InChI=1S/C27H44O4/c1-15-7-10-27(30-14-15)16(2)24-22(31-27)13-21-19-6-5-17-11-18(28)12-23(29)26(17,4)20(19)8-9-25(21,24)3/h15-24,28-29H,5-14H2,1-4H3/t15?,16-,17?,18?,19+,20-,21-,22-,23?,24-,25-,26-,27+/m0/s1. The van der Waals surface area contributed by atoms with Crippen molar-refractivity contribution in [3.8, 4) is 0 Å². The number of hydrogen-bond donors (Lipinski definition) is 2. The Morgan fingerprint density at radius 2 is 1.68 bits per heavy atom. The predicted octanol–water partition coefficient (Wildman–Crippen LogP) is 4.76. The Morgan fingerprint density at radius 3 is 2.42 bits per heavy atom. The Morgan fingerprint density at radius 1 is 0.871 bits per heavy atom. The number of fused-ring (bicyclic) bond motifs is 7. The van der Waals surface area contributed by atoms with Crippen LogP contribution in [-0.2, 0) is 9.47 Å². The van der Waals surface area contributed by atoms with Crippen molar-refractivity contribution in [3.05, 3.63) is 0 Å². The molecule has 6 aliphatic rings. The molecule has 0 aromatic heterocycles. The van der Waals surface area contributed by atoms with Crippen molar-refractivity contribution in [2.45, 2.75) is 110 Å². The van der Waals surface area contributed by atoms with Crippen molar-refractivity contribution in [2.75, 3.05) is 6.61 Å². The van der Waals surface area contributed by atoms with E-state index in [1.165, 1.54) is 38.5 Å². The van der Waals surface area contributed by atoms with Gasteiger partial charge in [-0.25, -0.2) is 0 Å². The summed E-state index contributed by atoms with van der Waals surface area (Å²) < 4.78 is 13.3. The zero-order valence-corrected chi connectivity index (χ0v) is 20.1. The summed E-state index contributed by atoms with van der Waals surface area (Å²) in [5, 5.41) is 21.5. The normalized spacial score (nSPS) is 63.3. The summed E-state index contributed by atoms with van der Waals surface area (Å²) in [6.07, 6.45) is 9.56. The highest BCUT2D eigenvalue weighted by Gasteiger charge is 2.69. The van der Waals surface area contributed by atoms with Gasteiger partial charge in [-0.3, -0.25) is 0 Å². The fourth-order valence-corrected chi connectivity index (χ4v) is 10.3. The molecule has 13 atom stereocenters. The van der Waals surface area contributed by atoms with Crippen LogP contribution in [0.3, 0.4) is 0 Å². The van der Waals surface area contributed by atoms with E-state index >= 15 is 0 Å². The number of rotatable bonds is 0. The van der Waals surface area contributed by atoms with Gasteiger partial charge in [0, 0.05) is 12.3 Å². The molecule has 2 saturated heterocycles. The van der Waals surface area contributed by atoms with Crippen molar-refractivity contribution < 1.29 is 19.7 Å². The Bertz CT molecular complexity index is 716. The highest BCUT2D eigenvalue weighted by molar-refractivity contribution is 5.16. The fraction of sp³-hybridized carbons (Fsp3) is 1.00. The summed E-state index contributed by atoms with van der Waals surface area (Å²) >= 11 is 0. The minimum atomic E-state index is -0.351. The van der Waals surface area contributed by atoms with Crippen LogP contribution in [-0.4, -0.2) is 40.9 Å². The van der Waals surface area contributed by atoms with Gasteiger partial charge in [-0.05, 0) is 97.7 Å². The predicted molar refractivity (Wildman–Crippen MR) is 119 cm³/mol. The minimum Gasteiger partial charge on any atom is -0.393 e. The number of ether oxygens (including phenoxy) is 2. The van der Waals surface area contributed by atoms with E-state index in [2.05, 4.69) is 27.7 Å². The summed E-state index contributed by atoms with van der Waals surface area (Å²) in [7, 11) is 0. The minimum absolute atomic E-state index is 0.0164. The molecule has 2 N–H and O–H groups in total. The van der Waals surface area contributed by atoms with Crippen LogP contribution in [0.25, 0.3) is 0 Å². The molecule has 176 valence electrons. The Kier molecular flexibility index (Phi) is 4.78. The molecule has 2 aliphatic heterocycles. The lowest BCUT2D eigenvalue weighted by atomic mass is 9.43. The van der Waals surface area contributed by atoms with Gasteiger partial charge in [-0.1, -0.05) is 27.7 Å². The monoisotopic (exact) mass is 432 g/mol. The molecule has 4 unspecified atom stereocenters. The van der Waals surface area contributed by atoms with Crippen molar-refractivity contribution in [1.29, 1.82) is 0 Å². The summed E-state index contributed by atoms with van der Waals surface area (Å²) in [6.45, 7) is 10.5. The van der Waals surface area contributed by atoms with Crippen molar-refractivity contribution in [3.63, 3.8) is 0 Å². The van der Waals surface area contributed by atoms with E-state index in [0.29, 0.717) is 59.4 Å². The molecule has 0 bridgehead atoms. The summed E-state index contributed by atoms with van der Waals surface area (Å²) in [5.41, 5.74) is 0.320. The van der Waals surface area contributed by atoms with Gasteiger partial charge in [-0.15, -0.1) is 0 Å². The molecule has 0 amide bonds. The molecule has 6 rings (SSSR count). The van der Waals surface area contributed by atoms with Crippen LogP contribution < -0.4 is 0 Å². The smallest absolute Gasteiger partial charge is 0.171 e. The lowest BCUT2D eigenvalue weighted by Crippen LogP contribution is -2.59. The first-order valence-corrected chi connectivity index (χ1v) is 13.4. The van der Waals surface area contributed by atoms with E-state index in [1.807, 2.05) is 0 Å². The highest BCUT2D eigenvalue weighted by atomic mass is 16.7. The van der Waals surface area contributed by atoms with Crippen molar-refractivity contribution in [2.24, 2.45) is 52.3 Å². The van der Waals surface area contributed by atoms with Crippen LogP contribution in [0.5, 0.6) is 0 Å². The van der Waals surface area contributed by atoms with Crippen molar-refractivity contribution in [1.82, 2.24) is 0 Å². The first-order valence-electron chi connectivity index (χ1n) is 13.4. The molecule has 4 heteroatoms. The van der Waals surface area contributed by atoms with E-state index in [0.717, 1.165) is 19.4 Å². The maximum atomic E-state index is 11.2. The molecular formula is C27H44O4. The molecule has 4 saturated carbocycles. The Labute approximate surface area is 188 Å². The molecule has 6 fully saturated rings. The van der Waals surface area contributed by atoms with Gasteiger partial charge in [0.1, 0.15) is 0 Å². The molecule has 31 heavy (non-hydrogen) atoms. The Hall–Kier alpha value is -0.160. The van der Waals surface area contributed by atoms with Gasteiger partial charge >= 0.3 is 0 Å². The van der Waals surface area contributed by atoms with E-state index in [9.17, 15) is 10.2 Å².